The number of guanidine groups is 1. The molecule has 3 heteroatoms. The molecule has 3 nitrogen and oxygen atoms in total. The molecule has 60 valence electrons. The van der Waals surface area contributed by atoms with Crippen LogP contribution in [0.1, 0.15) is 12.8 Å². The lowest BCUT2D eigenvalue weighted by Crippen LogP contribution is -2.39. The second-order valence-electron chi connectivity index (χ2n) is 2.94. The summed E-state index contributed by atoms with van der Waals surface area (Å²) in [5.74, 6) is 0.985. The molecule has 2 aliphatic rings. The smallest absolute Gasteiger partial charge is 0.191 e. The molecule has 0 aromatic carbocycles. The molecule has 0 unspecified atom stereocenters. The maximum Gasteiger partial charge on any atom is 0.191 e. The lowest BCUT2D eigenvalue weighted by molar-refractivity contribution is 0.643. The number of nitrogens with zero attached hydrogens (tertiary/aromatic N) is 1. The standard InChI is InChI=1S/C8H13N3/c1-2-4-7(3-1)11-8-9-5-6-10-8/h1-2,7H,3-6H2,(H2,9,10,11). The summed E-state index contributed by atoms with van der Waals surface area (Å²) >= 11 is 0. The molecule has 2 rings (SSSR count). The van der Waals surface area contributed by atoms with Gasteiger partial charge in [0.1, 0.15) is 0 Å². The van der Waals surface area contributed by atoms with Crippen molar-refractivity contribution in [2.75, 3.05) is 13.1 Å². The normalized spacial score (nSPS) is 23.5. The van der Waals surface area contributed by atoms with E-state index in [0.29, 0.717) is 6.04 Å². The largest absolute Gasteiger partial charge is 0.355 e. The molecule has 0 saturated carbocycles. The summed E-state index contributed by atoms with van der Waals surface area (Å²) in [7, 11) is 0. The summed E-state index contributed by atoms with van der Waals surface area (Å²) < 4.78 is 0. The number of aliphatic imine (C=N–C) groups is 1. The van der Waals surface area contributed by atoms with Crippen LogP contribution < -0.4 is 10.6 Å². The van der Waals surface area contributed by atoms with Crippen LogP contribution in [-0.2, 0) is 0 Å². The molecule has 1 aliphatic heterocycles. The lowest BCUT2D eigenvalue weighted by Gasteiger charge is -2.12. The Morgan fingerprint density at radius 3 is 2.91 bits per heavy atom. The van der Waals surface area contributed by atoms with Crippen molar-refractivity contribution < 1.29 is 0 Å². The highest BCUT2D eigenvalue weighted by Gasteiger charge is 2.12. The quantitative estimate of drug-likeness (QED) is 0.527. The van der Waals surface area contributed by atoms with Gasteiger partial charge in [-0.05, 0) is 12.8 Å². The van der Waals surface area contributed by atoms with Crippen molar-refractivity contribution in [2.45, 2.75) is 18.9 Å². The minimum absolute atomic E-state index is 0.583. The third-order valence-electron chi connectivity index (χ3n) is 2.02. The SMILES string of the molecule is C1=CCC(NC2=NCCN2)C1. The molecule has 11 heavy (non-hydrogen) atoms. The third kappa shape index (κ3) is 1.53. The number of nitrogens with one attached hydrogen (secondary N) is 2. The van der Waals surface area contributed by atoms with E-state index < -0.39 is 0 Å². The van der Waals surface area contributed by atoms with Crippen LogP contribution in [0.15, 0.2) is 17.1 Å². The summed E-state index contributed by atoms with van der Waals surface area (Å²) in [6.07, 6.45) is 6.71. The van der Waals surface area contributed by atoms with E-state index in [1.807, 2.05) is 0 Å². The van der Waals surface area contributed by atoms with Crippen molar-refractivity contribution in [3.63, 3.8) is 0 Å². The molecule has 0 bridgehead atoms. The Morgan fingerprint density at radius 2 is 2.27 bits per heavy atom. The topological polar surface area (TPSA) is 36.4 Å². The molecule has 2 N–H and O–H groups in total. The van der Waals surface area contributed by atoms with E-state index in [9.17, 15) is 0 Å². The van der Waals surface area contributed by atoms with Gasteiger partial charge in [0.2, 0.25) is 0 Å². The fourth-order valence-electron chi connectivity index (χ4n) is 1.42. The van der Waals surface area contributed by atoms with Gasteiger partial charge in [0.15, 0.2) is 5.96 Å². The average Bonchev–Trinajstić information content (AvgIpc) is 2.60. The Morgan fingerprint density at radius 1 is 1.45 bits per heavy atom. The number of hydrogen-bond donors (Lipinski definition) is 2. The van der Waals surface area contributed by atoms with E-state index in [-0.39, 0.29) is 0 Å². The van der Waals surface area contributed by atoms with E-state index in [1.165, 1.54) is 0 Å². The van der Waals surface area contributed by atoms with Crippen LogP contribution in [0.2, 0.25) is 0 Å². The van der Waals surface area contributed by atoms with Gasteiger partial charge in [-0.2, -0.15) is 0 Å². The van der Waals surface area contributed by atoms with Gasteiger partial charge in [0, 0.05) is 12.6 Å². The Kier molecular flexibility index (Phi) is 1.79. The minimum atomic E-state index is 0.583. The summed E-state index contributed by atoms with van der Waals surface area (Å²) in [6, 6.07) is 0.583. The van der Waals surface area contributed by atoms with Crippen LogP contribution in [0.4, 0.5) is 0 Å². The first-order valence-corrected chi connectivity index (χ1v) is 4.15. The second-order valence-corrected chi connectivity index (χ2v) is 2.94. The maximum atomic E-state index is 4.27. The molecule has 0 atom stereocenters. The van der Waals surface area contributed by atoms with Gasteiger partial charge in [-0.3, -0.25) is 4.99 Å². The molecular formula is C8H13N3. The van der Waals surface area contributed by atoms with Gasteiger partial charge in [0.05, 0.1) is 6.54 Å². The second kappa shape index (κ2) is 2.95. The highest BCUT2D eigenvalue weighted by Crippen LogP contribution is 2.08. The molecule has 0 spiro atoms. The van der Waals surface area contributed by atoms with E-state index in [2.05, 4.69) is 27.8 Å². The first-order valence-electron chi connectivity index (χ1n) is 4.15. The molecule has 0 aromatic rings. The van der Waals surface area contributed by atoms with Crippen molar-refractivity contribution in [1.82, 2.24) is 10.6 Å². The number of hydrogen-bond acceptors (Lipinski definition) is 3. The minimum Gasteiger partial charge on any atom is -0.355 e. The van der Waals surface area contributed by atoms with Gasteiger partial charge < -0.3 is 10.6 Å². The van der Waals surface area contributed by atoms with E-state index >= 15 is 0 Å². The zero-order chi connectivity index (χ0) is 7.52. The van der Waals surface area contributed by atoms with Gasteiger partial charge >= 0.3 is 0 Å². The maximum absolute atomic E-state index is 4.27. The Bertz CT molecular complexity index is 188. The molecule has 0 fully saturated rings. The first-order chi connectivity index (χ1) is 5.45. The van der Waals surface area contributed by atoms with Crippen molar-refractivity contribution in [2.24, 2.45) is 4.99 Å². The van der Waals surface area contributed by atoms with Crippen LogP contribution in [0.25, 0.3) is 0 Å². The fraction of sp³-hybridized carbons (Fsp3) is 0.625. The molecule has 0 saturated heterocycles. The first kappa shape index (κ1) is 6.70. The summed E-state index contributed by atoms with van der Waals surface area (Å²) in [5, 5.41) is 6.55. The molecule has 1 heterocycles. The van der Waals surface area contributed by atoms with E-state index in [1.54, 1.807) is 0 Å². The van der Waals surface area contributed by atoms with Crippen molar-refractivity contribution >= 4 is 5.96 Å². The van der Waals surface area contributed by atoms with Crippen molar-refractivity contribution in [3.05, 3.63) is 12.2 Å². The highest BCUT2D eigenvalue weighted by molar-refractivity contribution is 5.81. The van der Waals surface area contributed by atoms with Crippen molar-refractivity contribution in [1.29, 1.82) is 0 Å². The predicted molar refractivity (Wildman–Crippen MR) is 45.6 cm³/mol. The zero-order valence-corrected chi connectivity index (χ0v) is 6.51. The number of rotatable bonds is 1. The molecule has 0 aromatic heterocycles. The van der Waals surface area contributed by atoms with Crippen LogP contribution in [-0.4, -0.2) is 25.1 Å². The Hall–Kier alpha value is -0.990. The molecule has 0 radical (unpaired) electrons. The van der Waals surface area contributed by atoms with Crippen LogP contribution in [0.5, 0.6) is 0 Å². The zero-order valence-electron chi connectivity index (χ0n) is 6.51. The monoisotopic (exact) mass is 151 g/mol. The van der Waals surface area contributed by atoms with Crippen LogP contribution >= 0.6 is 0 Å². The van der Waals surface area contributed by atoms with Gasteiger partial charge in [-0.1, -0.05) is 12.2 Å². The van der Waals surface area contributed by atoms with Gasteiger partial charge in [-0.15, -0.1) is 0 Å². The van der Waals surface area contributed by atoms with E-state index in [4.69, 9.17) is 0 Å². The van der Waals surface area contributed by atoms with Crippen molar-refractivity contribution in [3.8, 4) is 0 Å². The third-order valence-corrected chi connectivity index (χ3v) is 2.02. The fourth-order valence-corrected chi connectivity index (χ4v) is 1.42. The molecule has 0 amide bonds. The Balaban J connectivity index is 1.80. The average molecular weight is 151 g/mol. The highest BCUT2D eigenvalue weighted by atomic mass is 15.2. The van der Waals surface area contributed by atoms with Gasteiger partial charge in [-0.25, -0.2) is 0 Å². The summed E-state index contributed by atoms with van der Waals surface area (Å²) in [5.41, 5.74) is 0. The Labute approximate surface area is 66.6 Å². The van der Waals surface area contributed by atoms with E-state index in [0.717, 1.165) is 31.9 Å². The summed E-state index contributed by atoms with van der Waals surface area (Å²) in [4.78, 5) is 4.27. The predicted octanol–water partition coefficient (Wildman–Crippen LogP) is 0.254. The summed E-state index contributed by atoms with van der Waals surface area (Å²) in [6.45, 7) is 1.91. The van der Waals surface area contributed by atoms with Crippen LogP contribution in [0.3, 0.4) is 0 Å². The van der Waals surface area contributed by atoms with Gasteiger partial charge in [0.25, 0.3) is 0 Å². The molecule has 1 aliphatic carbocycles. The molecular weight excluding hydrogens is 138 g/mol. The lowest BCUT2D eigenvalue weighted by atomic mass is 10.2. The van der Waals surface area contributed by atoms with Crippen LogP contribution in [0, 0.1) is 0 Å².